The third-order valence-corrected chi connectivity index (χ3v) is 3.48. The van der Waals surface area contributed by atoms with Crippen molar-refractivity contribution < 1.29 is 9.13 Å². The van der Waals surface area contributed by atoms with Crippen LogP contribution < -0.4 is 10.1 Å². The molecule has 0 fully saturated rings. The van der Waals surface area contributed by atoms with Crippen LogP contribution in [0.4, 0.5) is 10.1 Å². The molecule has 0 saturated heterocycles. The fourth-order valence-electron chi connectivity index (χ4n) is 1.65. The summed E-state index contributed by atoms with van der Waals surface area (Å²) in [7, 11) is 1.61. The maximum absolute atomic E-state index is 13.5. The lowest BCUT2D eigenvalue weighted by Crippen LogP contribution is -2.01. The molecule has 2 aromatic carbocycles. The third kappa shape index (κ3) is 3.61. The van der Waals surface area contributed by atoms with Crippen molar-refractivity contribution in [1.29, 1.82) is 0 Å². The summed E-state index contributed by atoms with van der Waals surface area (Å²) in [5.74, 6) is 0.440. The van der Waals surface area contributed by atoms with Crippen molar-refractivity contribution in [2.24, 2.45) is 0 Å². The van der Waals surface area contributed by atoms with Crippen LogP contribution in [0, 0.1) is 5.82 Å². The van der Waals surface area contributed by atoms with Crippen LogP contribution in [0.1, 0.15) is 5.56 Å². The Morgan fingerprint density at radius 2 is 2.05 bits per heavy atom. The fraction of sp³-hybridized carbons (Fsp3) is 0.143. The predicted molar refractivity (Wildman–Crippen MR) is 79.4 cm³/mol. The topological polar surface area (TPSA) is 21.3 Å². The van der Waals surface area contributed by atoms with Crippen LogP contribution >= 0.6 is 27.5 Å². The van der Waals surface area contributed by atoms with E-state index in [0.29, 0.717) is 17.3 Å². The van der Waals surface area contributed by atoms with Crippen molar-refractivity contribution in [2.45, 2.75) is 6.54 Å². The Morgan fingerprint density at radius 1 is 1.26 bits per heavy atom. The highest BCUT2D eigenvalue weighted by Gasteiger charge is 2.04. The Morgan fingerprint density at radius 3 is 2.74 bits per heavy atom. The summed E-state index contributed by atoms with van der Waals surface area (Å²) in [6, 6.07) is 10.1. The van der Waals surface area contributed by atoms with Crippen molar-refractivity contribution in [3.63, 3.8) is 0 Å². The molecule has 0 amide bonds. The zero-order valence-electron chi connectivity index (χ0n) is 10.2. The highest BCUT2D eigenvalue weighted by atomic mass is 79.9. The summed E-state index contributed by atoms with van der Waals surface area (Å²) >= 11 is 9.24. The molecule has 19 heavy (non-hydrogen) atoms. The van der Waals surface area contributed by atoms with Crippen LogP contribution in [-0.4, -0.2) is 7.11 Å². The van der Waals surface area contributed by atoms with E-state index in [0.717, 1.165) is 15.8 Å². The van der Waals surface area contributed by atoms with Gasteiger partial charge in [0.2, 0.25) is 0 Å². The van der Waals surface area contributed by atoms with Gasteiger partial charge in [0.15, 0.2) is 0 Å². The van der Waals surface area contributed by atoms with Gasteiger partial charge in [-0.15, -0.1) is 0 Å². The summed E-state index contributed by atoms with van der Waals surface area (Å²) in [4.78, 5) is 0. The van der Waals surface area contributed by atoms with Crippen molar-refractivity contribution in [3.8, 4) is 5.75 Å². The number of hydrogen-bond acceptors (Lipinski definition) is 2. The summed E-state index contributed by atoms with van der Waals surface area (Å²) in [5, 5.41) is 3.51. The molecule has 2 rings (SSSR count). The first-order chi connectivity index (χ1) is 9.10. The molecule has 1 N–H and O–H groups in total. The maximum Gasteiger partial charge on any atom is 0.146 e. The number of anilines is 1. The molecule has 0 aliphatic rings. The standard InChI is InChI=1S/C14H12BrClFNO/c1-19-14-5-2-9(6-11(14)15)8-18-13-7-10(16)3-4-12(13)17/h2-7,18H,8H2,1H3. The summed E-state index contributed by atoms with van der Waals surface area (Å²) in [6.07, 6.45) is 0. The molecule has 0 radical (unpaired) electrons. The van der Waals surface area contributed by atoms with E-state index >= 15 is 0 Å². The number of nitrogens with one attached hydrogen (secondary N) is 1. The van der Waals surface area contributed by atoms with E-state index in [-0.39, 0.29) is 5.82 Å². The van der Waals surface area contributed by atoms with E-state index in [9.17, 15) is 4.39 Å². The van der Waals surface area contributed by atoms with E-state index < -0.39 is 0 Å². The molecule has 0 bridgehead atoms. The second kappa shape index (κ2) is 6.26. The number of ether oxygens (including phenoxy) is 1. The highest BCUT2D eigenvalue weighted by molar-refractivity contribution is 9.10. The second-order valence-corrected chi connectivity index (χ2v) is 5.24. The van der Waals surface area contributed by atoms with Crippen molar-refractivity contribution >= 4 is 33.2 Å². The molecule has 0 unspecified atom stereocenters. The van der Waals surface area contributed by atoms with Gasteiger partial charge in [-0.1, -0.05) is 17.7 Å². The van der Waals surface area contributed by atoms with Crippen molar-refractivity contribution in [3.05, 3.63) is 57.3 Å². The highest BCUT2D eigenvalue weighted by Crippen LogP contribution is 2.26. The lowest BCUT2D eigenvalue weighted by atomic mass is 10.2. The van der Waals surface area contributed by atoms with Crippen molar-refractivity contribution in [1.82, 2.24) is 0 Å². The minimum absolute atomic E-state index is 0.322. The number of rotatable bonds is 4. The van der Waals surface area contributed by atoms with Crippen LogP contribution in [0.15, 0.2) is 40.9 Å². The largest absolute Gasteiger partial charge is 0.496 e. The first-order valence-corrected chi connectivity index (χ1v) is 6.78. The molecule has 5 heteroatoms. The average Bonchev–Trinajstić information content (AvgIpc) is 2.40. The molecule has 0 atom stereocenters. The minimum Gasteiger partial charge on any atom is -0.496 e. The molecule has 0 heterocycles. The number of hydrogen-bond donors (Lipinski definition) is 1. The SMILES string of the molecule is COc1ccc(CNc2cc(Cl)ccc2F)cc1Br. The fourth-order valence-corrected chi connectivity index (χ4v) is 2.41. The van der Waals surface area contributed by atoms with Gasteiger partial charge < -0.3 is 10.1 Å². The van der Waals surface area contributed by atoms with Crippen LogP contribution in [0.2, 0.25) is 5.02 Å². The molecular formula is C14H12BrClFNO. The van der Waals surface area contributed by atoms with Gasteiger partial charge in [-0.25, -0.2) is 4.39 Å². The van der Waals surface area contributed by atoms with Gasteiger partial charge in [0.05, 0.1) is 17.3 Å². The van der Waals surface area contributed by atoms with Crippen LogP contribution in [0.3, 0.4) is 0 Å². The quantitative estimate of drug-likeness (QED) is 0.855. The van der Waals surface area contributed by atoms with E-state index in [4.69, 9.17) is 16.3 Å². The van der Waals surface area contributed by atoms with Gasteiger partial charge >= 0.3 is 0 Å². The normalized spacial score (nSPS) is 10.3. The zero-order chi connectivity index (χ0) is 13.8. The Balaban J connectivity index is 2.10. The maximum atomic E-state index is 13.5. The first-order valence-electron chi connectivity index (χ1n) is 5.61. The smallest absolute Gasteiger partial charge is 0.146 e. The van der Waals surface area contributed by atoms with Crippen molar-refractivity contribution in [2.75, 3.05) is 12.4 Å². The third-order valence-electron chi connectivity index (χ3n) is 2.63. The van der Waals surface area contributed by atoms with Gasteiger partial charge in [0.25, 0.3) is 0 Å². The van der Waals surface area contributed by atoms with Crippen LogP contribution in [-0.2, 0) is 6.54 Å². The molecule has 0 saturated carbocycles. The van der Waals surface area contributed by atoms with E-state index in [1.807, 2.05) is 18.2 Å². The average molecular weight is 345 g/mol. The first kappa shape index (κ1) is 14.2. The lowest BCUT2D eigenvalue weighted by molar-refractivity contribution is 0.412. The Hall–Kier alpha value is -1.26. The second-order valence-electron chi connectivity index (χ2n) is 3.95. The monoisotopic (exact) mass is 343 g/mol. The minimum atomic E-state index is -0.322. The summed E-state index contributed by atoms with van der Waals surface area (Å²) in [5.41, 5.74) is 1.39. The number of methoxy groups -OCH3 is 1. The van der Waals surface area contributed by atoms with Gasteiger partial charge in [-0.05, 0) is 51.8 Å². The molecule has 0 aliphatic carbocycles. The Bertz CT molecular complexity index is 592. The molecule has 2 aromatic rings. The lowest BCUT2D eigenvalue weighted by Gasteiger charge is -2.10. The van der Waals surface area contributed by atoms with Gasteiger partial charge in [0, 0.05) is 11.6 Å². The Labute approximate surface area is 124 Å². The predicted octanol–water partition coefficient (Wildman–Crippen LogP) is 4.86. The number of halogens is 3. The molecule has 0 spiro atoms. The summed E-state index contributed by atoms with van der Waals surface area (Å²) in [6.45, 7) is 0.500. The molecular weight excluding hydrogens is 333 g/mol. The van der Waals surface area contributed by atoms with Gasteiger partial charge in [0.1, 0.15) is 11.6 Å². The molecule has 2 nitrogen and oxygen atoms in total. The molecule has 0 aromatic heterocycles. The van der Waals surface area contributed by atoms with Gasteiger partial charge in [-0.2, -0.15) is 0 Å². The van der Waals surface area contributed by atoms with Crippen LogP contribution in [0.5, 0.6) is 5.75 Å². The zero-order valence-corrected chi connectivity index (χ0v) is 12.6. The Kier molecular flexibility index (Phi) is 4.66. The molecule has 100 valence electrons. The number of benzene rings is 2. The molecule has 0 aliphatic heterocycles. The van der Waals surface area contributed by atoms with Gasteiger partial charge in [-0.3, -0.25) is 0 Å². The van der Waals surface area contributed by atoms with E-state index in [1.165, 1.54) is 12.1 Å². The summed E-state index contributed by atoms with van der Waals surface area (Å²) < 4.78 is 19.5. The van der Waals surface area contributed by atoms with Crippen LogP contribution in [0.25, 0.3) is 0 Å². The van der Waals surface area contributed by atoms with E-state index in [1.54, 1.807) is 13.2 Å². The van der Waals surface area contributed by atoms with E-state index in [2.05, 4.69) is 21.2 Å².